The van der Waals surface area contributed by atoms with Gasteiger partial charge in [0, 0.05) is 35.3 Å². The quantitative estimate of drug-likeness (QED) is 0.227. The number of carbonyl (C=O) groups is 2. The average Bonchev–Trinajstić information content (AvgIpc) is 3.82. The highest BCUT2D eigenvalue weighted by molar-refractivity contribution is 6.39. The van der Waals surface area contributed by atoms with Crippen LogP contribution in [0.2, 0.25) is 10.0 Å². The fourth-order valence-electron chi connectivity index (χ4n) is 7.33. The Morgan fingerprint density at radius 2 is 1.06 bits per heavy atom. The van der Waals surface area contributed by atoms with Crippen LogP contribution in [0.1, 0.15) is 12.8 Å². The minimum absolute atomic E-state index is 0.0189. The molecule has 4 heterocycles. The average molecular weight is 684 g/mol. The van der Waals surface area contributed by atoms with Gasteiger partial charge in [-0.05, 0) is 86.2 Å². The van der Waals surface area contributed by atoms with Gasteiger partial charge in [-0.3, -0.25) is 9.59 Å². The van der Waals surface area contributed by atoms with Crippen molar-refractivity contribution < 1.29 is 19.1 Å². The summed E-state index contributed by atoms with van der Waals surface area (Å²) in [4.78, 5) is 29.3. The Bertz CT molecular complexity index is 1770. The summed E-state index contributed by atoms with van der Waals surface area (Å²) in [5.74, 6) is 2.17. The zero-order valence-electron chi connectivity index (χ0n) is 26.4. The van der Waals surface area contributed by atoms with Crippen molar-refractivity contribution in [2.75, 3.05) is 62.3 Å². The lowest BCUT2D eigenvalue weighted by Crippen LogP contribution is -2.42. The van der Waals surface area contributed by atoms with Gasteiger partial charge in [0.2, 0.25) is 0 Å². The molecule has 4 aliphatic rings. The Kier molecular flexibility index (Phi) is 8.51. The van der Waals surface area contributed by atoms with Crippen molar-refractivity contribution in [1.82, 2.24) is 10.6 Å². The van der Waals surface area contributed by atoms with Crippen molar-refractivity contribution in [3.63, 3.8) is 0 Å². The van der Waals surface area contributed by atoms with E-state index in [9.17, 15) is 9.59 Å². The van der Waals surface area contributed by atoms with E-state index < -0.39 is 0 Å². The first-order chi connectivity index (χ1) is 23.4. The van der Waals surface area contributed by atoms with E-state index in [0.717, 1.165) is 83.8 Å². The summed E-state index contributed by atoms with van der Waals surface area (Å²) < 4.78 is 11.8. The largest absolute Gasteiger partial charge is 0.482 e. The van der Waals surface area contributed by atoms with Crippen LogP contribution in [0.15, 0.2) is 72.8 Å². The number of anilines is 2. The molecule has 8 nitrogen and oxygen atoms in total. The van der Waals surface area contributed by atoms with Crippen molar-refractivity contribution in [2.24, 2.45) is 11.8 Å². The Morgan fingerprint density at radius 1 is 0.625 bits per heavy atom. The number of rotatable bonds is 7. The van der Waals surface area contributed by atoms with Gasteiger partial charge in [0.15, 0.2) is 13.2 Å². The Morgan fingerprint density at radius 3 is 1.48 bits per heavy atom. The second kappa shape index (κ2) is 13.1. The predicted molar refractivity (Wildman–Crippen MR) is 190 cm³/mol. The van der Waals surface area contributed by atoms with Crippen molar-refractivity contribution in [3.8, 4) is 44.9 Å². The van der Waals surface area contributed by atoms with E-state index in [0.29, 0.717) is 46.5 Å². The molecule has 4 aromatic carbocycles. The van der Waals surface area contributed by atoms with Crippen LogP contribution in [0, 0.1) is 11.8 Å². The van der Waals surface area contributed by atoms with Gasteiger partial charge in [0.1, 0.15) is 11.5 Å². The smallest absolute Gasteiger partial charge is 0.265 e. The van der Waals surface area contributed by atoms with E-state index in [-0.39, 0.29) is 25.0 Å². The minimum atomic E-state index is -0.0189. The topological polar surface area (TPSA) is 83.1 Å². The van der Waals surface area contributed by atoms with Gasteiger partial charge in [-0.15, -0.1) is 0 Å². The lowest BCUT2D eigenvalue weighted by Gasteiger charge is -2.31. The van der Waals surface area contributed by atoms with Crippen molar-refractivity contribution in [2.45, 2.75) is 12.8 Å². The molecule has 2 fully saturated rings. The highest BCUT2D eigenvalue weighted by Crippen LogP contribution is 2.45. The molecule has 0 radical (unpaired) electrons. The number of fused-ring (bicyclic) bond motifs is 2. The molecular formula is C38H36Cl2N4O4. The van der Waals surface area contributed by atoms with E-state index in [1.165, 1.54) is 0 Å². The van der Waals surface area contributed by atoms with Crippen LogP contribution >= 0.6 is 23.2 Å². The molecule has 10 heteroatoms. The summed E-state index contributed by atoms with van der Waals surface area (Å²) in [6.07, 6.45) is 2.12. The number of hydrogen-bond donors (Lipinski definition) is 2. The molecule has 2 N–H and O–H groups in total. The molecule has 48 heavy (non-hydrogen) atoms. The number of ether oxygens (including phenoxy) is 2. The van der Waals surface area contributed by atoms with Crippen molar-refractivity contribution in [3.05, 3.63) is 82.8 Å². The van der Waals surface area contributed by atoms with Crippen LogP contribution in [0.25, 0.3) is 33.4 Å². The Labute approximate surface area is 289 Å². The first-order valence-corrected chi connectivity index (χ1v) is 17.3. The Balaban J connectivity index is 1.09. The molecule has 2 saturated heterocycles. The summed E-state index contributed by atoms with van der Waals surface area (Å²) >= 11 is 14.3. The summed E-state index contributed by atoms with van der Waals surface area (Å²) in [7, 11) is 0. The van der Waals surface area contributed by atoms with E-state index in [2.05, 4.69) is 10.6 Å². The van der Waals surface area contributed by atoms with Gasteiger partial charge >= 0.3 is 0 Å². The summed E-state index contributed by atoms with van der Waals surface area (Å²) in [5, 5.41) is 7.91. The first kappa shape index (κ1) is 31.2. The molecule has 0 unspecified atom stereocenters. The number of benzene rings is 4. The van der Waals surface area contributed by atoms with Gasteiger partial charge in [0.05, 0.1) is 21.4 Å². The number of hydrogen-bond acceptors (Lipinski definition) is 6. The molecule has 0 bridgehead atoms. The van der Waals surface area contributed by atoms with E-state index in [1.54, 1.807) is 0 Å². The normalized spacial score (nSPS) is 20.4. The number of amides is 2. The maximum absolute atomic E-state index is 12.8. The van der Waals surface area contributed by atoms with Gasteiger partial charge in [-0.25, -0.2) is 0 Å². The van der Waals surface area contributed by atoms with Crippen LogP contribution in [0.5, 0.6) is 11.5 Å². The molecule has 2 amide bonds. The predicted octanol–water partition coefficient (Wildman–Crippen LogP) is 6.66. The number of nitrogens with zero attached hydrogens (tertiary/aromatic N) is 2. The zero-order valence-corrected chi connectivity index (χ0v) is 27.9. The van der Waals surface area contributed by atoms with E-state index >= 15 is 0 Å². The lowest BCUT2D eigenvalue weighted by molar-refractivity contribution is -0.122. The highest BCUT2D eigenvalue weighted by Gasteiger charge is 2.31. The second-order valence-corrected chi connectivity index (χ2v) is 13.8. The van der Waals surface area contributed by atoms with Crippen molar-refractivity contribution >= 4 is 46.4 Å². The van der Waals surface area contributed by atoms with Crippen LogP contribution in [0.3, 0.4) is 0 Å². The van der Waals surface area contributed by atoms with Crippen molar-refractivity contribution in [1.29, 1.82) is 0 Å². The lowest BCUT2D eigenvalue weighted by atomic mass is 9.95. The molecule has 0 spiro atoms. The molecule has 4 aromatic rings. The van der Waals surface area contributed by atoms with Gasteiger partial charge in [-0.1, -0.05) is 71.7 Å². The minimum Gasteiger partial charge on any atom is -0.482 e. The van der Waals surface area contributed by atoms with Gasteiger partial charge in [-0.2, -0.15) is 0 Å². The third-order valence-electron chi connectivity index (χ3n) is 9.92. The fraction of sp³-hybridized carbons (Fsp3) is 0.316. The number of nitrogens with one attached hydrogen (secondary N) is 2. The van der Waals surface area contributed by atoms with Crippen LogP contribution < -0.4 is 29.9 Å². The maximum Gasteiger partial charge on any atom is 0.265 e. The number of carbonyl (C=O) groups excluding carboxylic acids is 2. The first-order valence-electron chi connectivity index (χ1n) is 16.6. The SMILES string of the molecule is O=C1COc2cc(-c3cccc(-c4cccc(-c5ccc6c(c5)OCC(=O)N6C[C@H]5CCNC5)c4Cl)c3Cl)ccc2N1C[C@H]1CCNC1. The molecule has 246 valence electrons. The molecule has 0 aliphatic carbocycles. The second-order valence-electron chi connectivity index (χ2n) is 13.0. The fourth-order valence-corrected chi connectivity index (χ4v) is 8.00. The Hall–Kier alpha value is -4.08. The molecule has 2 atom stereocenters. The molecule has 0 saturated carbocycles. The highest BCUT2D eigenvalue weighted by atomic mass is 35.5. The summed E-state index contributed by atoms with van der Waals surface area (Å²) in [6.45, 7) is 5.20. The third kappa shape index (κ3) is 5.81. The van der Waals surface area contributed by atoms with Gasteiger partial charge in [0.25, 0.3) is 11.8 Å². The summed E-state index contributed by atoms with van der Waals surface area (Å²) in [6, 6.07) is 23.7. The third-order valence-corrected chi connectivity index (χ3v) is 10.7. The molecule has 8 rings (SSSR count). The zero-order chi connectivity index (χ0) is 32.8. The van der Waals surface area contributed by atoms with Crippen LogP contribution in [-0.4, -0.2) is 64.3 Å². The molecular weight excluding hydrogens is 647 g/mol. The molecule has 0 aromatic heterocycles. The standard InChI is InChI=1S/C38H36Cl2N4O4/c39-37-27(25-7-9-31-33(15-25)47-21-35(45)43(31)19-23-11-13-41-17-23)3-1-5-29(37)30-6-2-4-28(38(30)40)26-8-10-32-34(16-26)48-22-36(46)44(32)20-24-12-14-42-18-24/h1-10,15-16,23-24,41-42H,11-14,17-22H2/t23-,24-/m0/s1. The monoisotopic (exact) mass is 682 g/mol. The van der Waals surface area contributed by atoms with Gasteiger partial charge < -0.3 is 29.9 Å². The molecule has 4 aliphatic heterocycles. The maximum atomic E-state index is 12.8. The van der Waals surface area contributed by atoms with E-state index in [4.69, 9.17) is 32.7 Å². The van der Waals surface area contributed by atoms with E-state index in [1.807, 2.05) is 82.6 Å². The number of halogens is 2. The summed E-state index contributed by atoms with van der Waals surface area (Å²) in [5.41, 5.74) is 6.67. The van der Waals surface area contributed by atoms with Crippen LogP contribution in [0.4, 0.5) is 11.4 Å². The van der Waals surface area contributed by atoms with Crippen LogP contribution in [-0.2, 0) is 9.59 Å².